The fourth-order valence-electron chi connectivity index (χ4n) is 2.89. The highest BCUT2D eigenvalue weighted by atomic mass is 32.2. The summed E-state index contributed by atoms with van der Waals surface area (Å²) in [6.07, 6.45) is -1.11. The van der Waals surface area contributed by atoms with Crippen molar-refractivity contribution in [3.8, 4) is 0 Å². The first kappa shape index (κ1) is 21.2. The molecule has 1 aromatic rings. The number of nitrogens with one attached hydrogen (secondary N) is 1. The van der Waals surface area contributed by atoms with Crippen LogP contribution >= 0.6 is 0 Å². The second-order valence-corrected chi connectivity index (χ2v) is 8.08. The number of hydrogen-bond acceptors (Lipinski definition) is 5. The van der Waals surface area contributed by atoms with Crippen LogP contribution in [0.25, 0.3) is 0 Å². The monoisotopic (exact) mass is 404 g/mol. The van der Waals surface area contributed by atoms with Crippen molar-refractivity contribution in [2.75, 3.05) is 31.9 Å². The molecule has 0 bridgehead atoms. The number of rotatable bonds is 7. The van der Waals surface area contributed by atoms with Crippen LogP contribution in [0, 0.1) is 11.6 Å². The molecule has 150 valence electrons. The molecule has 0 aliphatic carbocycles. The van der Waals surface area contributed by atoms with Crippen LogP contribution < -0.4 is 11.1 Å². The molecule has 0 aromatic heterocycles. The summed E-state index contributed by atoms with van der Waals surface area (Å²) in [5, 5.41) is 2.47. The molecule has 27 heavy (non-hydrogen) atoms. The molecule has 2 rings (SSSR count). The number of hydrogen-bond donors (Lipinski definition) is 2. The molecular weight excluding hydrogens is 382 g/mol. The third kappa shape index (κ3) is 4.79. The van der Waals surface area contributed by atoms with Crippen LogP contribution in [0.4, 0.5) is 8.78 Å². The first-order chi connectivity index (χ1) is 12.7. The predicted molar refractivity (Wildman–Crippen MR) is 94.0 cm³/mol. The van der Waals surface area contributed by atoms with Crippen LogP contribution in [0.5, 0.6) is 0 Å². The van der Waals surface area contributed by atoms with Crippen LogP contribution in [0.3, 0.4) is 0 Å². The minimum absolute atomic E-state index is 0.0827. The first-order valence-corrected chi connectivity index (χ1v) is 10.1. The van der Waals surface area contributed by atoms with Crippen LogP contribution in [0.15, 0.2) is 18.2 Å². The van der Waals surface area contributed by atoms with Crippen molar-refractivity contribution >= 4 is 21.8 Å². The summed E-state index contributed by atoms with van der Waals surface area (Å²) in [6, 6.07) is 2.29. The smallest absolute Gasteiger partial charge is 0.259 e. The molecule has 1 saturated heterocycles. The molecular formula is C16H22F2N4O4S. The Morgan fingerprint density at radius 2 is 1.85 bits per heavy atom. The van der Waals surface area contributed by atoms with Gasteiger partial charge in [0, 0.05) is 37.8 Å². The van der Waals surface area contributed by atoms with E-state index in [1.807, 2.05) is 0 Å². The van der Waals surface area contributed by atoms with Crippen molar-refractivity contribution in [3.05, 3.63) is 35.4 Å². The minimum atomic E-state index is -3.80. The van der Waals surface area contributed by atoms with E-state index in [0.717, 1.165) is 21.3 Å². The molecule has 2 amide bonds. The van der Waals surface area contributed by atoms with Crippen LogP contribution in [0.1, 0.15) is 23.7 Å². The number of carbonyl (C=O) groups excluding carboxylic acids is 2. The number of carbonyl (C=O) groups is 2. The van der Waals surface area contributed by atoms with Crippen molar-refractivity contribution in [2.24, 2.45) is 5.73 Å². The third-order valence-electron chi connectivity index (χ3n) is 4.00. The minimum Gasteiger partial charge on any atom is -0.352 e. The molecule has 1 aliphatic heterocycles. The van der Waals surface area contributed by atoms with Gasteiger partial charge in [0.25, 0.3) is 11.8 Å². The molecule has 1 heterocycles. The van der Waals surface area contributed by atoms with E-state index < -0.39 is 39.6 Å². The fourth-order valence-corrected chi connectivity index (χ4v) is 4.51. The summed E-state index contributed by atoms with van der Waals surface area (Å²) < 4.78 is 52.8. The lowest BCUT2D eigenvalue weighted by molar-refractivity contribution is -0.127. The number of halogens is 2. The SMILES string of the molecule is CCCS(=O)(=O)N1CCN(C(=O)c2cc(F)cc(F)c2)C1C(=O)NCCN. The largest absolute Gasteiger partial charge is 0.352 e. The second-order valence-electron chi connectivity index (χ2n) is 6.04. The summed E-state index contributed by atoms with van der Waals surface area (Å²) >= 11 is 0. The van der Waals surface area contributed by atoms with Crippen LogP contribution in [-0.4, -0.2) is 67.5 Å². The number of nitrogens with two attached hydrogens (primary N) is 1. The van der Waals surface area contributed by atoms with Crippen molar-refractivity contribution < 1.29 is 26.8 Å². The van der Waals surface area contributed by atoms with E-state index in [-0.39, 0.29) is 37.5 Å². The average molecular weight is 404 g/mol. The van der Waals surface area contributed by atoms with Gasteiger partial charge in [0.05, 0.1) is 5.75 Å². The van der Waals surface area contributed by atoms with Crippen LogP contribution in [-0.2, 0) is 14.8 Å². The van der Waals surface area contributed by atoms with Crippen molar-refractivity contribution in [3.63, 3.8) is 0 Å². The molecule has 1 atom stereocenters. The zero-order valence-corrected chi connectivity index (χ0v) is 15.6. The zero-order chi connectivity index (χ0) is 20.2. The Balaban J connectivity index is 2.38. The molecule has 11 heteroatoms. The number of benzene rings is 1. The predicted octanol–water partition coefficient (Wildman–Crippen LogP) is -0.137. The highest BCUT2D eigenvalue weighted by Gasteiger charge is 2.45. The van der Waals surface area contributed by atoms with Gasteiger partial charge < -0.3 is 16.0 Å². The van der Waals surface area contributed by atoms with E-state index in [1.54, 1.807) is 6.92 Å². The van der Waals surface area contributed by atoms with Gasteiger partial charge in [0.1, 0.15) is 11.6 Å². The molecule has 8 nitrogen and oxygen atoms in total. The first-order valence-electron chi connectivity index (χ1n) is 8.45. The Labute approximate surface area is 156 Å². The Hall–Kier alpha value is -2.11. The Morgan fingerprint density at radius 3 is 2.41 bits per heavy atom. The van der Waals surface area contributed by atoms with Gasteiger partial charge >= 0.3 is 0 Å². The maximum atomic E-state index is 13.5. The van der Waals surface area contributed by atoms with Gasteiger partial charge in [-0.3, -0.25) is 9.59 Å². The average Bonchev–Trinajstić information content (AvgIpc) is 3.04. The van der Waals surface area contributed by atoms with Gasteiger partial charge in [-0.05, 0) is 18.6 Å². The lowest BCUT2D eigenvalue weighted by Gasteiger charge is -2.28. The topological polar surface area (TPSA) is 113 Å². The molecule has 1 aliphatic rings. The van der Waals surface area contributed by atoms with E-state index in [9.17, 15) is 26.8 Å². The van der Waals surface area contributed by atoms with E-state index in [1.165, 1.54) is 0 Å². The van der Waals surface area contributed by atoms with Gasteiger partial charge in [0.15, 0.2) is 6.17 Å². The Kier molecular flexibility index (Phi) is 6.84. The molecule has 0 saturated carbocycles. The highest BCUT2D eigenvalue weighted by molar-refractivity contribution is 7.89. The van der Waals surface area contributed by atoms with E-state index in [4.69, 9.17) is 5.73 Å². The highest BCUT2D eigenvalue weighted by Crippen LogP contribution is 2.23. The molecule has 1 unspecified atom stereocenters. The van der Waals surface area contributed by atoms with Gasteiger partial charge in [-0.15, -0.1) is 0 Å². The van der Waals surface area contributed by atoms with E-state index >= 15 is 0 Å². The number of nitrogens with zero attached hydrogens (tertiary/aromatic N) is 2. The Bertz CT molecular complexity index is 798. The maximum Gasteiger partial charge on any atom is 0.259 e. The van der Waals surface area contributed by atoms with Crippen molar-refractivity contribution in [2.45, 2.75) is 19.5 Å². The lowest BCUT2D eigenvalue weighted by Crippen LogP contribution is -2.54. The number of amides is 2. The Morgan fingerprint density at radius 1 is 1.22 bits per heavy atom. The summed E-state index contributed by atoms with van der Waals surface area (Å²) in [6.45, 7) is 1.72. The molecule has 1 fully saturated rings. The summed E-state index contributed by atoms with van der Waals surface area (Å²) in [4.78, 5) is 26.3. The van der Waals surface area contributed by atoms with E-state index in [2.05, 4.69) is 5.32 Å². The summed E-state index contributed by atoms with van der Waals surface area (Å²) in [7, 11) is -3.80. The van der Waals surface area contributed by atoms with Crippen molar-refractivity contribution in [1.29, 1.82) is 0 Å². The van der Waals surface area contributed by atoms with E-state index in [0.29, 0.717) is 12.5 Å². The van der Waals surface area contributed by atoms with Gasteiger partial charge in [-0.25, -0.2) is 17.2 Å². The number of sulfonamides is 1. The standard InChI is InChI=1S/C16H22F2N4O4S/c1-2-7-27(25,26)22-6-5-21(15(22)14(23)20-4-3-19)16(24)11-8-12(17)10-13(18)9-11/h8-10,15H,2-7,19H2,1H3,(H,20,23). The lowest BCUT2D eigenvalue weighted by atomic mass is 10.2. The second kappa shape index (κ2) is 8.72. The summed E-state index contributed by atoms with van der Waals surface area (Å²) in [5.74, 6) is -3.64. The van der Waals surface area contributed by atoms with Gasteiger partial charge in [0.2, 0.25) is 10.0 Å². The van der Waals surface area contributed by atoms with Gasteiger partial charge in [-0.1, -0.05) is 6.92 Å². The molecule has 0 spiro atoms. The molecule has 0 radical (unpaired) electrons. The van der Waals surface area contributed by atoms with Crippen molar-refractivity contribution in [1.82, 2.24) is 14.5 Å². The maximum absolute atomic E-state index is 13.5. The molecule has 3 N–H and O–H groups in total. The summed E-state index contributed by atoms with van der Waals surface area (Å²) in [5.41, 5.74) is 5.05. The third-order valence-corrected chi connectivity index (χ3v) is 6.02. The van der Waals surface area contributed by atoms with Crippen LogP contribution in [0.2, 0.25) is 0 Å². The fraction of sp³-hybridized carbons (Fsp3) is 0.500. The zero-order valence-electron chi connectivity index (χ0n) is 14.8. The normalized spacial score (nSPS) is 17.9. The quantitative estimate of drug-likeness (QED) is 0.657. The molecule has 1 aromatic carbocycles. The van der Waals surface area contributed by atoms with Gasteiger partial charge in [-0.2, -0.15) is 4.31 Å².